The number of carbonyl (C=O) groups excluding carboxylic acids is 2. The second-order valence-electron chi connectivity index (χ2n) is 5.67. The fraction of sp³-hybridized carbons (Fsp3) is 0.375. The number of amides is 2. The highest BCUT2D eigenvalue weighted by atomic mass is 32.1. The summed E-state index contributed by atoms with van der Waals surface area (Å²) in [5.74, 6) is -0.307. The van der Waals surface area contributed by atoms with Gasteiger partial charge >= 0.3 is 0 Å². The smallest absolute Gasteiger partial charge is 0.253 e. The van der Waals surface area contributed by atoms with Gasteiger partial charge in [0, 0.05) is 23.5 Å². The molecule has 2 amide bonds. The molecule has 2 aromatic rings. The monoisotopic (exact) mass is 332 g/mol. The molecule has 2 N–H and O–H groups in total. The molecule has 7 heteroatoms. The molecule has 23 heavy (non-hydrogen) atoms. The minimum atomic E-state index is -0.618. The van der Waals surface area contributed by atoms with Crippen molar-refractivity contribution < 1.29 is 9.59 Å². The van der Waals surface area contributed by atoms with Crippen LogP contribution in [-0.4, -0.2) is 27.8 Å². The van der Waals surface area contributed by atoms with Gasteiger partial charge < -0.3 is 10.6 Å². The quantitative estimate of drug-likeness (QED) is 0.852. The van der Waals surface area contributed by atoms with Crippen molar-refractivity contribution in [2.45, 2.75) is 33.2 Å². The summed E-state index contributed by atoms with van der Waals surface area (Å²) in [7, 11) is 0. The average molecular weight is 332 g/mol. The minimum Gasteiger partial charge on any atom is -0.340 e. The normalized spacial score (nSPS) is 12.0. The lowest BCUT2D eigenvalue weighted by atomic mass is 10.0. The molecule has 0 unspecified atom stereocenters. The summed E-state index contributed by atoms with van der Waals surface area (Å²) in [6.45, 7) is 5.86. The SMILES string of the molecule is Cc1ccc(C(=O)N[C@@H](CC(C)C)C(=O)Nc2nccs2)cn1. The van der Waals surface area contributed by atoms with Crippen LogP contribution in [0, 0.1) is 12.8 Å². The van der Waals surface area contributed by atoms with Crippen LogP contribution in [-0.2, 0) is 4.79 Å². The first-order valence-corrected chi connectivity index (χ1v) is 8.27. The molecule has 0 aliphatic carbocycles. The maximum atomic E-state index is 12.4. The van der Waals surface area contributed by atoms with Gasteiger partial charge in [-0.05, 0) is 31.4 Å². The Bertz CT molecular complexity index is 653. The minimum absolute atomic E-state index is 0.262. The van der Waals surface area contributed by atoms with Gasteiger partial charge in [-0.3, -0.25) is 14.6 Å². The van der Waals surface area contributed by atoms with Gasteiger partial charge in [0.05, 0.1) is 5.56 Å². The third-order valence-electron chi connectivity index (χ3n) is 3.16. The van der Waals surface area contributed by atoms with E-state index in [1.165, 1.54) is 17.5 Å². The molecule has 2 rings (SSSR count). The van der Waals surface area contributed by atoms with Crippen LogP contribution in [0.3, 0.4) is 0 Å². The summed E-state index contributed by atoms with van der Waals surface area (Å²) in [6, 6.07) is 2.85. The first kappa shape index (κ1) is 17.1. The molecule has 0 fully saturated rings. The van der Waals surface area contributed by atoms with Crippen LogP contribution in [0.1, 0.15) is 36.3 Å². The van der Waals surface area contributed by atoms with Crippen LogP contribution in [0.25, 0.3) is 0 Å². The van der Waals surface area contributed by atoms with Crippen molar-refractivity contribution in [2.24, 2.45) is 5.92 Å². The zero-order valence-electron chi connectivity index (χ0n) is 13.4. The van der Waals surface area contributed by atoms with Crippen molar-refractivity contribution in [3.05, 3.63) is 41.2 Å². The number of aryl methyl sites for hydroxylation is 1. The first-order chi connectivity index (χ1) is 11.0. The van der Waals surface area contributed by atoms with Crippen molar-refractivity contribution in [3.63, 3.8) is 0 Å². The molecule has 1 atom stereocenters. The molecule has 2 aromatic heterocycles. The molecule has 6 nitrogen and oxygen atoms in total. The summed E-state index contributed by atoms with van der Waals surface area (Å²) in [5.41, 5.74) is 1.27. The van der Waals surface area contributed by atoms with E-state index in [0.717, 1.165) is 5.69 Å². The molecule has 0 saturated heterocycles. The largest absolute Gasteiger partial charge is 0.340 e. The van der Waals surface area contributed by atoms with Gasteiger partial charge in [0.2, 0.25) is 5.91 Å². The van der Waals surface area contributed by atoms with Gasteiger partial charge in [0.25, 0.3) is 5.91 Å². The summed E-state index contributed by atoms with van der Waals surface area (Å²) in [5, 5.41) is 7.82. The molecule has 0 aliphatic heterocycles. The Morgan fingerprint density at radius 2 is 2.04 bits per heavy atom. The second-order valence-corrected chi connectivity index (χ2v) is 6.56. The molecule has 0 saturated carbocycles. The van der Waals surface area contributed by atoms with Crippen molar-refractivity contribution in [3.8, 4) is 0 Å². The Morgan fingerprint density at radius 3 is 2.61 bits per heavy atom. The maximum Gasteiger partial charge on any atom is 0.253 e. The van der Waals surface area contributed by atoms with Gasteiger partial charge in [0.15, 0.2) is 5.13 Å². The number of rotatable bonds is 6. The lowest BCUT2D eigenvalue weighted by Crippen LogP contribution is -2.44. The van der Waals surface area contributed by atoms with Crippen LogP contribution in [0.15, 0.2) is 29.9 Å². The average Bonchev–Trinajstić information content (AvgIpc) is 2.99. The molecule has 0 aliphatic rings. The Kier molecular flexibility index (Phi) is 5.81. The van der Waals surface area contributed by atoms with Crippen molar-refractivity contribution in [1.29, 1.82) is 0 Å². The third kappa shape index (κ3) is 5.14. The Morgan fingerprint density at radius 1 is 1.26 bits per heavy atom. The van der Waals surface area contributed by atoms with E-state index in [-0.39, 0.29) is 17.7 Å². The molecule has 0 bridgehead atoms. The fourth-order valence-electron chi connectivity index (χ4n) is 2.02. The number of thiazole rings is 1. The van der Waals surface area contributed by atoms with Crippen molar-refractivity contribution >= 4 is 28.3 Å². The second kappa shape index (κ2) is 7.82. The van der Waals surface area contributed by atoms with E-state index in [1.807, 2.05) is 20.8 Å². The predicted molar refractivity (Wildman–Crippen MR) is 90.4 cm³/mol. The van der Waals surface area contributed by atoms with Crippen molar-refractivity contribution in [2.75, 3.05) is 5.32 Å². The molecule has 0 radical (unpaired) electrons. The van der Waals surface area contributed by atoms with Gasteiger partial charge in [-0.25, -0.2) is 4.98 Å². The number of nitrogens with zero attached hydrogens (tertiary/aromatic N) is 2. The van der Waals surface area contributed by atoms with Gasteiger partial charge in [-0.15, -0.1) is 11.3 Å². The first-order valence-electron chi connectivity index (χ1n) is 7.39. The van der Waals surface area contributed by atoms with Crippen LogP contribution >= 0.6 is 11.3 Å². The maximum absolute atomic E-state index is 12.4. The summed E-state index contributed by atoms with van der Waals surface area (Å²) < 4.78 is 0. The molecule has 0 spiro atoms. The molecular weight excluding hydrogens is 312 g/mol. The van der Waals surface area contributed by atoms with Crippen LogP contribution in [0.2, 0.25) is 0 Å². The predicted octanol–water partition coefficient (Wildman–Crippen LogP) is 2.63. The number of hydrogen-bond donors (Lipinski definition) is 2. The highest BCUT2D eigenvalue weighted by molar-refractivity contribution is 7.13. The van der Waals surface area contributed by atoms with Crippen LogP contribution in [0.4, 0.5) is 5.13 Å². The number of anilines is 1. The third-order valence-corrected chi connectivity index (χ3v) is 3.85. The number of pyridine rings is 1. The van der Waals surface area contributed by atoms with Gasteiger partial charge in [-0.2, -0.15) is 0 Å². The highest BCUT2D eigenvalue weighted by Crippen LogP contribution is 2.13. The van der Waals surface area contributed by atoms with E-state index in [1.54, 1.807) is 23.7 Å². The van der Waals surface area contributed by atoms with Crippen LogP contribution < -0.4 is 10.6 Å². The Labute approximate surface area is 139 Å². The summed E-state index contributed by atoms with van der Waals surface area (Å²) in [4.78, 5) is 32.8. The number of carbonyl (C=O) groups is 2. The van der Waals surface area contributed by atoms with Gasteiger partial charge in [0.1, 0.15) is 6.04 Å². The summed E-state index contributed by atoms with van der Waals surface area (Å²) in [6.07, 6.45) is 3.67. The summed E-state index contributed by atoms with van der Waals surface area (Å²) >= 11 is 1.34. The van der Waals surface area contributed by atoms with E-state index >= 15 is 0 Å². The van der Waals surface area contributed by atoms with Crippen molar-refractivity contribution in [1.82, 2.24) is 15.3 Å². The number of nitrogens with one attached hydrogen (secondary N) is 2. The number of hydrogen-bond acceptors (Lipinski definition) is 5. The number of aromatic nitrogens is 2. The zero-order valence-corrected chi connectivity index (χ0v) is 14.2. The van der Waals surface area contributed by atoms with Crippen LogP contribution in [0.5, 0.6) is 0 Å². The Hall–Kier alpha value is -2.28. The molecule has 122 valence electrons. The highest BCUT2D eigenvalue weighted by Gasteiger charge is 2.23. The lowest BCUT2D eigenvalue weighted by Gasteiger charge is -2.19. The molecule has 0 aromatic carbocycles. The zero-order chi connectivity index (χ0) is 16.8. The van der Waals surface area contributed by atoms with E-state index in [0.29, 0.717) is 17.1 Å². The fourth-order valence-corrected chi connectivity index (χ4v) is 2.56. The standard InChI is InChI=1S/C16H20N4O2S/c1-10(2)8-13(15(22)20-16-17-6-7-23-16)19-14(21)12-5-4-11(3)18-9-12/h4-7,9-10,13H,8H2,1-3H3,(H,19,21)(H,17,20,22)/t13-/m0/s1. The Balaban J connectivity index is 2.06. The topological polar surface area (TPSA) is 84.0 Å². The van der Waals surface area contributed by atoms with E-state index in [4.69, 9.17) is 0 Å². The van der Waals surface area contributed by atoms with Gasteiger partial charge in [-0.1, -0.05) is 13.8 Å². The van der Waals surface area contributed by atoms with E-state index < -0.39 is 6.04 Å². The lowest BCUT2D eigenvalue weighted by molar-refractivity contribution is -0.118. The van der Waals surface area contributed by atoms with E-state index in [9.17, 15) is 9.59 Å². The molecular formula is C16H20N4O2S. The van der Waals surface area contributed by atoms with E-state index in [2.05, 4.69) is 20.6 Å². The molecule has 2 heterocycles.